The second-order valence-electron chi connectivity index (χ2n) is 8.54. The molecule has 1 aromatic carbocycles. The van der Waals surface area contributed by atoms with Gasteiger partial charge in [-0.15, -0.1) is 0 Å². The Morgan fingerprint density at radius 2 is 1.81 bits per heavy atom. The Morgan fingerprint density at radius 1 is 1.09 bits per heavy atom. The number of nitrogens with one attached hydrogen (secondary N) is 1. The molecule has 4 heterocycles. The first-order chi connectivity index (χ1) is 15.5. The van der Waals surface area contributed by atoms with Crippen LogP contribution in [0.5, 0.6) is 0 Å². The third-order valence-electron chi connectivity index (χ3n) is 6.30. The molecule has 5 rings (SSSR count). The fourth-order valence-corrected chi connectivity index (χ4v) is 4.35. The molecular weight excluding hydrogens is 402 g/mol. The van der Waals surface area contributed by atoms with E-state index in [1.54, 1.807) is 33.9 Å². The molecule has 0 atom stereocenters. The van der Waals surface area contributed by atoms with E-state index in [-0.39, 0.29) is 22.5 Å². The predicted molar refractivity (Wildman–Crippen MR) is 123 cm³/mol. The first-order valence-corrected chi connectivity index (χ1v) is 11.0. The van der Waals surface area contributed by atoms with Gasteiger partial charge in [-0.2, -0.15) is 0 Å². The van der Waals surface area contributed by atoms with Gasteiger partial charge in [-0.3, -0.25) is 19.4 Å². The monoisotopic (exact) mass is 427 g/mol. The zero-order valence-corrected chi connectivity index (χ0v) is 18.0. The maximum atomic E-state index is 13.4. The molecule has 0 radical (unpaired) electrons. The van der Waals surface area contributed by atoms with Gasteiger partial charge in [-0.25, -0.2) is 4.98 Å². The van der Waals surface area contributed by atoms with Crippen LogP contribution in [0.2, 0.25) is 0 Å². The second kappa shape index (κ2) is 8.07. The minimum Gasteiger partial charge on any atom is -0.339 e. The molecular formula is C25H25N5O2. The van der Waals surface area contributed by atoms with Gasteiger partial charge in [0.1, 0.15) is 16.8 Å². The number of amides is 1. The number of hydrogen-bond acceptors (Lipinski definition) is 4. The molecule has 0 saturated carbocycles. The third kappa shape index (κ3) is 3.49. The van der Waals surface area contributed by atoms with E-state index in [4.69, 9.17) is 10.4 Å². The van der Waals surface area contributed by atoms with Crippen LogP contribution < -0.4 is 11.0 Å². The van der Waals surface area contributed by atoms with Gasteiger partial charge < -0.3 is 9.47 Å². The molecule has 1 saturated heterocycles. The topological polar surface area (TPSA) is 83.5 Å². The molecule has 0 spiro atoms. The van der Waals surface area contributed by atoms with Gasteiger partial charge in [0.2, 0.25) is 0 Å². The van der Waals surface area contributed by atoms with Crippen molar-refractivity contribution in [2.45, 2.75) is 26.3 Å². The standard InChI is InChI=1S/C25H25N5O2/c1-17-10-13-28(14-11-17)24(31)19-15-20-23(27-21-9-5-6-12-29(21)25(20)32)30(22(19)26)16-18-7-3-2-4-8-18/h2-9,12,15,17,26H,10-11,13-14,16H2,1H3. The van der Waals surface area contributed by atoms with Gasteiger partial charge in [0.15, 0.2) is 0 Å². The first-order valence-electron chi connectivity index (χ1n) is 11.0. The van der Waals surface area contributed by atoms with E-state index in [2.05, 4.69) is 6.92 Å². The van der Waals surface area contributed by atoms with Crippen LogP contribution in [0.3, 0.4) is 0 Å². The van der Waals surface area contributed by atoms with E-state index in [0.717, 1.165) is 18.4 Å². The van der Waals surface area contributed by atoms with Crippen LogP contribution in [0.4, 0.5) is 0 Å². The van der Waals surface area contributed by atoms with Crippen molar-refractivity contribution in [2.75, 3.05) is 13.1 Å². The summed E-state index contributed by atoms with van der Waals surface area (Å²) < 4.78 is 3.16. The van der Waals surface area contributed by atoms with Gasteiger partial charge >= 0.3 is 0 Å². The molecule has 32 heavy (non-hydrogen) atoms. The number of likely N-dealkylation sites (tertiary alicyclic amines) is 1. The van der Waals surface area contributed by atoms with Crippen LogP contribution in [-0.4, -0.2) is 37.8 Å². The summed E-state index contributed by atoms with van der Waals surface area (Å²) in [5.74, 6) is 0.400. The second-order valence-corrected chi connectivity index (χ2v) is 8.54. The number of pyridine rings is 2. The lowest BCUT2D eigenvalue weighted by Gasteiger charge is -2.30. The number of rotatable bonds is 3. The highest BCUT2D eigenvalue weighted by molar-refractivity contribution is 5.97. The quantitative estimate of drug-likeness (QED) is 0.510. The third-order valence-corrected chi connectivity index (χ3v) is 6.30. The number of benzene rings is 1. The molecule has 1 fully saturated rings. The largest absolute Gasteiger partial charge is 0.339 e. The highest BCUT2D eigenvalue weighted by atomic mass is 16.2. The first kappa shape index (κ1) is 20.2. The Balaban J connectivity index is 1.74. The van der Waals surface area contributed by atoms with Crippen molar-refractivity contribution < 1.29 is 4.79 Å². The Morgan fingerprint density at radius 3 is 2.56 bits per heavy atom. The summed E-state index contributed by atoms with van der Waals surface area (Å²) >= 11 is 0. The zero-order valence-electron chi connectivity index (χ0n) is 18.0. The number of piperidine rings is 1. The number of aromatic nitrogens is 3. The Bertz CT molecular complexity index is 1430. The molecule has 0 unspecified atom stereocenters. The van der Waals surface area contributed by atoms with Crippen LogP contribution in [0.15, 0.2) is 65.6 Å². The highest BCUT2D eigenvalue weighted by Crippen LogP contribution is 2.19. The number of nitrogens with zero attached hydrogens (tertiary/aromatic N) is 4. The molecule has 3 aromatic heterocycles. The van der Waals surface area contributed by atoms with E-state index in [0.29, 0.717) is 42.2 Å². The van der Waals surface area contributed by atoms with Crippen LogP contribution >= 0.6 is 0 Å². The highest BCUT2D eigenvalue weighted by Gasteiger charge is 2.25. The van der Waals surface area contributed by atoms with E-state index in [1.807, 2.05) is 36.4 Å². The summed E-state index contributed by atoms with van der Waals surface area (Å²) in [6.07, 6.45) is 3.57. The average molecular weight is 428 g/mol. The van der Waals surface area contributed by atoms with E-state index < -0.39 is 0 Å². The summed E-state index contributed by atoms with van der Waals surface area (Å²) in [6.45, 7) is 3.89. The van der Waals surface area contributed by atoms with Crippen molar-refractivity contribution in [3.8, 4) is 0 Å². The number of hydrogen-bond donors (Lipinski definition) is 1. The number of fused-ring (bicyclic) bond motifs is 2. The lowest BCUT2D eigenvalue weighted by atomic mass is 9.98. The Kier molecular flexibility index (Phi) is 5.09. The number of carbonyl (C=O) groups excluding carboxylic acids is 1. The molecule has 1 aliphatic rings. The molecule has 0 aliphatic carbocycles. The van der Waals surface area contributed by atoms with Gasteiger partial charge in [-0.05, 0) is 42.5 Å². The van der Waals surface area contributed by atoms with Crippen molar-refractivity contribution in [3.63, 3.8) is 0 Å². The van der Waals surface area contributed by atoms with Crippen LogP contribution in [-0.2, 0) is 6.54 Å². The summed E-state index contributed by atoms with van der Waals surface area (Å²) in [7, 11) is 0. The molecule has 4 aromatic rings. The molecule has 1 amide bonds. The van der Waals surface area contributed by atoms with Crippen molar-refractivity contribution >= 4 is 22.6 Å². The van der Waals surface area contributed by atoms with Gasteiger partial charge in [0, 0.05) is 19.3 Å². The van der Waals surface area contributed by atoms with Gasteiger partial charge in [-0.1, -0.05) is 43.3 Å². The fraction of sp³-hybridized carbons (Fsp3) is 0.280. The molecule has 0 bridgehead atoms. The maximum Gasteiger partial charge on any atom is 0.267 e. The molecule has 1 N–H and O–H groups in total. The van der Waals surface area contributed by atoms with Crippen molar-refractivity contribution in [2.24, 2.45) is 5.92 Å². The average Bonchev–Trinajstić information content (AvgIpc) is 2.82. The summed E-state index contributed by atoms with van der Waals surface area (Å²) in [5, 5.41) is 9.25. The van der Waals surface area contributed by atoms with E-state index in [9.17, 15) is 9.59 Å². The summed E-state index contributed by atoms with van der Waals surface area (Å²) in [5.41, 5.74) is 1.98. The van der Waals surface area contributed by atoms with Crippen molar-refractivity contribution in [3.05, 3.63) is 87.8 Å². The van der Waals surface area contributed by atoms with Crippen LogP contribution in [0, 0.1) is 11.3 Å². The minimum absolute atomic E-state index is 0.0807. The summed E-state index contributed by atoms with van der Waals surface area (Å²) in [6, 6.07) is 16.7. The zero-order chi connectivity index (χ0) is 22.2. The van der Waals surface area contributed by atoms with Gasteiger partial charge in [0.05, 0.1) is 17.5 Å². The lowest BCUT2D eigenvalue weighted by molar-refractivity contribution is 0.0694. The molecule has 7 nitrogen and oxygen atoms in total. The number of carbonyl (C=O) groups is 1. The molecule has 7 heteroatoms. The van der Waals surface area contributed by atoms with Crippen molar-refractivity contribution in [1.82, 2.24) is 18.9 Å². The van der Waals surface area contributed by atoms with E-state index >= 15 is 0 Å². The molecule has 1 aliphatic heterocycles. The maximum absolute atomic E-state index is 13.4. The fourth-order valence-electron chi connectivity index (χ4n) is 4.35. The SMILES string of the molecule is CC1CCN(C(=O)c2cc3c(=O)n4ccccc4nc3n(Cc3ccccc3)c2=N)CC1. The Hall–Kier alpha value is -3.74. The van der Waals surface area contributed by atoms with Crippen LogP contribution in [0.25, 0.3) is 16.7 Å². The Labute approximate surface area is 185 Å². The summed E-state index contributed by atoms with van der Waals surface area (Å²) in [4.78, 5) is 33.2. The van der Waals surface area contributed by atoms with Crippen molar-refractivity contribution in [1.29, 1.82) is 5.41 Å². The minimum atomic E-state index is -0.242. The lowest BCUT2D eigenvalue weighted by Crippen LogP contribution is -2.41. The predicted octanol–water partition coefficient (Wildman–Crippen LogP) is 3.05. The van der Waals surface area contributed by atoms with Crippen LogP contribution in [0.1, 0.15) is 35.7 Å². The normalized spacial score (nSPS) is 14.8. The smallest absolute Gasteiger partial charge is 0.267 e. The van der Waals surface area contributed by atoms with Gasteiger partial charge in [0.25, 0.3) is 11.5 Å². The van der Waals surface area contributed by atoms with E-state index in [1.165, 1.54) is 4.40 Å². The molecule has 162 valence electrons.